The van der Waals surface area contributed by atoms with Crippen molar-refractivity contribution in [3.63, 3.8) is 0 Å². The highest BCUT2D eigenvalue weighted by atomic mass is 19.4. The van der Waals surface area contributed by atoms with Gasteiger partial charge in [-0.1, -0.05) is 0 Å². The summed E-state index contributed by atoms with van der Waals surface area (Å²) in [5, 5.41) is 10.7. The van der Waals surface area contributed by atoms with Crippen LogP contribution in [0.15, 0.2) is 6.07 Å². The zero-order valence-corrected chi connectivity index (χ0v) is 10.4. The number of carbonyl (C=O) groups is 1. The molecular weight excluding hydrogens is 304 g/mol. The van der Waals surface area contributed by atoms with Crippen molar-refractivity contribution in [2.45, 2.75) is 19.7 Å². The average molecular weight is 312 g/mol. The number of nitrogens with zero attached hydrogens (tertiary/aromatic N) is 2. The van der Waals surface area contributed by atoms with Crippen LogP contribution in [-0.4, -0.2) is 28.8 Å². The lowest BCUT2D eigenvalue weighted by Gasteiger charge is -2.10. The number of carbonyl (C=O) groups excluding carboxylic acids is 1. The minimum absolute atomic E-state index is 0.0234. The van der Waals surface area contributed by atoms with Crippen molar-refractivity contribution in [1.29, 1.82) is 0 Å². The van der Waals surface area contributed by atoms with Gasteiger partial charge in [0.05, 0.1) is 24.0 Å². The number of pyridine rings is 1. The second-order valence-electron chi connectivity index (χ2n) is 3.53. The Kier molecular flexibility index (Phi) is 5.00. The summed E-state index contributed by atoms with van der Waals surface area (Å²) in [7, 11) is 0. The number of ether oxygens (including phenoxy) is 2. The summed E-state index contributed by atoms with van der Waals surface area (Å²) in [4.78, 5) is 23.8. The van der Waals surface area contributed by atoms with Crippen molar-refractivity contribution >= 4 is 11.7 Å². The zero-order valence-electron chi connectivity index (χ0n) is 10.4. The molecule has 0 radical (unpaired) electrons. The van der Waals surface area contributed by atoms with E-state index in [4.69, 9.17) is 0 Å². The van der Waals surface area contributed by atoms with Crippen LogP contribution < -0.4 is 4.74 Å². The molecule has 0 saturated heterocycles. The van der Waals surface area contributed by atoms with Crippen LogP contribution in [0.1, 0.15) is 12.6 Å². The summed E-state index contributed by atoms with van der Waals surface area (Å²) >= 11 is 0. The maximum Gasteiger partial charge on any atom is 0.573 e. The second kappa shape index (κ2) is 6.33. The first kappa shape index (κ1) is 16.6. The summed E-state index contributed by atoms with van der Waals surface area (Å²) in [6.07, 6.45) is -5.99. The molecule has 0 N–H and O–H groups in total. The molecule has 0 aliphatic carbocycles. The van der Waals surface area contributed by atoms with Crippen molar-refractivity contribution in [1.82, 2.24) is 4.98 Å². The maximum absolute atomic E-state index is 13.3. The summed E-state index contributed by atoms with van der Waals surface area (Å²) in [5.74, 6) is -4.11. The van der Waals surface area contributed by atoms with E-state index in [9.17, 15) is 32.5 Å². The van der Waals surface area contributed by atoms with Crippen LogP contribution in [0, 0.1) is 16.1 Å². The molecule has 116 valence electrons. The minimum atomic E-state index is -5.24. The fraction of sp³-hybridized carbons (Fsp3) is 0.400. The molecule has 0 saturated carbocycles. The van der Waals surface area contributed by atoms with Gasteiger partial charge < -0.3 is 9.47 Å². The van der Waals surface area contributed by atoms with E-state index < -0.39 is 46.8 Å². The number of alkyl halides is 3. The van der Waals surface area contributed by atoms with Crippen LogP contribution >= 0.6 is 0 Å². The van der Waals surface area contributed by atoms with Gasteiger partial charge >= 0.3 is 12.3 Å². The molecule has 0 aliphatic heterocycles. The summed E-state index contributed by atoms with van der Waals surface area (Å²) < 4.78 is 57.1. The van der Waals surface area contributed by atoms with Crippen LogP contribution in [0.4, 0.5) is 23.2 Å². The van der Waals surface area contributed by atoms with Gasteiger partial charge in [0, 0.05) is 0 Å². The molecular formula is C10H8F4N2O5. The van der Waals surface area contributed by atoms with Crippen molar-refractivity contribution in [3.05, 3.63) is 27.8 Å². The topological polar surface area (TPSA) is 91.6 Å². The average Bonchev–Trinajstić information content (AvgIpc) is 2.30. The third-order valence-electron chi connectivity index (χ3n) is 2.04. The van der Waals surface area contributed by atoms with Crippen molar-refractivity contribution in [3.8, 4) is 5.75 Å². The molecule has 0 aromatic carbocycles. The quantitative estimate of drug-likeness (QED) is 0.272. The number of esters is 1. The predicted molar refractivity (Wildman–Crippen MR) is 57.9 cm³/mol. The van der Waals surface area contributed by atoms with Crippen LogP contribution in [0.3, 0.4) is 0 Å². The SMILES string of the molecule is CCOC(=O)Cc1nc(F)c(OC(F)(F)F)cc1[N+](=O)[O-]. The highest BCUT2D eigenvalue weighted by molar-refractivity contribution is 5.73. The van der Waals surface area contributed by atoms with E-state index in [0.717, 1.165) is 0 Å². The Balaban J connectivity index is 3.18. The molecule has 0 bridgehead atoms. The molecule has 21 heavy (non-hydrogen) atoms. The molecule has 0 spiro atoms. The van der Waals surface area contributed by atoms with E-state index in [0.29, 0.717) is 0 Å². The molecule has 1 heterocycles. The van der Waals surface area contributed by atoms with Gasteiger partial charge in [0.2, 0.25) is 0 Å². The Hall–Kier alpha value is -2.46. The number of rotatable bonds is 5. The van der Waals surface area contributed by atoms with Crippen molar-refractivity contribution in [2.75, 3.05) is 6.61 Å². The Morgan fingerprint density at radius 2 is 2.10 bits per heavy atom. The van der Waals surface area contributed by atoms with E-state index in [1.807, 2.05) is 0 Å². The fourth-order valence-electron chi connectivity index (χ4n) is 1.33. The summed E-state index contributed by atoms with van der Waals surface area (Å²) in [6.45, 7) is 1.45. The maximum atomic E-state index is 13.3. The molecule has 7 nitrogen and oxygen atoms in total. The summed E-state index contributed by atoms with van der Waals surface area (Å²) in [5.41, 5.74) is -1.64. The van der Waals surface area contributed by atoms with E-state index in [-0.39, 0.29) is 12.7 Å². The first-order valence-corrected chi connectivity index (χ1v) is 5.39. The molecule has 0 amide bonds. The Morgan fingerprint density at radius 3 is 2.57 bits per heavy atom. The highest BCUT2D eigenvalue weighted by Crippen LogP contribution is 2.30. The van der Waals surface area contributed by atoms with E-state index in [1.54, 1.807) is 0 Å². The Labute approximate surface area is 114 Å². The Morgan fingerprint density at radius 1 is 1.48 bits per heavy atom. The third-order valence-corrected chi connectivity index (χ3v) is 2.04. The van der Waals surface area contributed by atoms with Gasteiger partial charge in [0.1, 0.15) is 5.69 Å². The molecule has 1 rings (SSSR count). The van der Waals surface area contributed by atoms with Gasteiger partial charge in [-0.25, -0.2) is 4.98 Å². The largest absolute Gasteiger partial charge is 0.573 e. The molecule has 11 heteroatoms. The number of hydrogen-bond donors (Lipinski definition) is 0. The van der Waals surface area contributed by atoms with E-state index in [1.165, 1.54) is 6.92 Å². The third kappa shape index (κ3) is 4.85. The number of aromatic nitrogens is 1. The van der Waals surface area contributed by atoms with Gasteiger partial charge in [0.15, 0.2) is 5.75 Å². The van der Waals surface area contributed by atoms with E-state index in [2.05, 4.69) is 14.5 Å². The summed E-state index contributed by atoms with van der Waals surface area (Å²) in [6, 6.07) is 0.213. The van der Waals surface area contributed by atoms with E-state index >= 15 is 0 Å². The van der Waals surface area contributed by atoms with Crippen molar-refractivity contribution in [2.24, 2.45) is 0 Å². The fourth-order valence-corrected chi connectivity index (χ4v) is 1.33. The Bertz CT molecular complexity index is 561. The van der Waals surface area contributed by atoms with Gasteiger partial charge in [-0.15, -0.1) is 13.2 Å². The first-order valence-electron chi connectivity index (χ1n) is 5.39. The number of hydrogen-bond acceptors (Lipinski definition) is 6. The lowest BCUT2D eigenvalue weighted by atomic mass is 10.2. The predicted octanol–water partition coefficient (Wildman–Crippen LogP) is 2.13. The highest BCUT2D eigenvalue weighted by Gasteiger charge is 2.34. The smallest absolute Gasteiger partial charge is 0.466 e. The van der Waals surface area contributed by atoms with Crippen LogP contribution in [0.5, 0.6) is 5.75 Å². The lowest BCUT2D eigenvalue weighted by molar-refractivity contribution is -0.386. The van der Waals surface area contributed by atoms with Crippen LogP contribution in [0.25, 0.3) is 0 Å². The minimum Gasteiger partial charge on any atom is -0.466 e. The molecule has 0 fully saturated rings. The van der Waals surface area contributed by atoms with Gasteiger partial charge in [-0.3, -0.25) is 14.9 Å². The molecule has 0 unspecified atom stereocenters. The number of halogens is 4. The van der Waals surface area contributed by atoms with Crippen LogP contribution in [-0.2, 0) is 16.0 Å². The molecule has 0 aliphatic rings. The lowest BCUT2D eigenvalue weighted by Crippen LogP contribution is -2.19. The number of nitro groups is 1. The second-order valence-corrected chi connectivity index (χ2v) is 3.53. The molecule has 0 atom stereocenters. The zero-order chi connectivity index (χ0) is 16.2. The molecule has 1 aromatic rings. The monoisotopic (exact) mass is 312 g/mol. The standard InChI is InChI=1S/C10H8F4N2O5/c1-2-20-8(17)3-5-6(16(18)19)4-7(9(11)15-5)21-10(12,13)14/h4H,2-3H2,1H3. The van der Waals surface area contributed by atoms with Crippen LogP contribution in [0.2, 0.25) is 0 Å². The van der Waals surface area contributed by atoms with Gasteiger partial charge in [-0.2, -0.15) is 4.39 Å². The van der Waals surface area contributed by atoms with Gasteiger partial charge in [0.25, 0.3) is 11.6 Å². The van der Waals surface area contributed by atoms with Crippen molar-refractivity contribution < 1.29 is 36.8 Å². The normalized spacial score (nSPS) is 11.1. The van der Waals surface area contributed by atoms with Gasteiger partial charge in [-0.05, 0) is 6.92 Å². The molecule has 1 aromatic heterocycles. The first-order chi connectivity index (χ1) is 9.64.